The number of halogens is 2. The van der Waals surface area contributed by atoms with E-state index in [1.165, 1.54) is 84.0 Å². The summed E-state index contributed by atoms with van der Waals surface area (Å²) in [7, 11) is -2.53. The second kappa shape index (κ2) is 21.8. The maximum atomic E-state index is 3.55. The molecule has 56 heavy (non-hydrogen) atoms. The van der Waals surface area contributed by atoms with Crippen molar-refractivity contribution in [3.8, 4) is 11.1 Å². The summed E-state index contributed by atoms with van der Waals surface area (Å²) in [6.45, 7) is 28.1. The van der Waals surface area contributed by atoms with Crippen molar-refractivity contribution in [1.29, 1.82) is 0 Å². The summed E-state index contributed by atoms with van der Waals surface area (Å²) < 4.78 is 1.53. The van der Waals surface area contributed by atoms with E-state index in [0.29, 0.717) is 0 Å². The summed E-state index contributed by atoms with van der Waals surface area (Å²) in [4.78, 5) is 0. The standard InChI is InChI=1S/C25H38Si2.C21H25.C5H5.2ClH.Hf/c1-7-26(8-2,9-3)24-17-13-22(14-18-24)21-23-15-19-25(20-16-23)27(10-4,11-5)12-6;1-20(2,3)15-11-10-14-12-18-16(17(14)13-15)8-7-9-19(18)21(4,5)6;1-2-4-5-3-1;;;/h13-20H,7-12H2,1-6H3;7-9,11,13H,12H2,1-6H3;1-5H;2*1H;/q;2*-1;;;+2/p-2. The Morgan fingerprint density at radius 1 is 0.607 bits per heavy atom. The van der Waals surface area contributed by atoms with Crippen LogP contribution in [0.25, 0.3) is 11.1 Å². The van der Waals surface area contributed by atoms with Crippen LogP contribution in [0.1, 0.15) is 116 Å². The largest absolute Gasteiger partial charge is 1.00 e. The van der Waals surface area contributed by atoms with Gasteiger partial charge in [0.25, 0.3) is 0 Å². The van der Waals surface area contributed by atoms with E-state index in [9.17, 15) is 0 Å². The SMILES string of the molecule is CC(C)(C)c1c[c-]c2c(c1)-c1cccc(C(C)(C)C)c1C2.CC[Si](CC)(CC)c1ccc([C](=[Hf+2])c2ccc([Si](CC)(CC)CC)cc2)cc1.[Cl-].[Cl-].c1cc[cH-]c1. The Labute approximate surface area is 372 Å². The van der Waals surface area contributed by atoms with E-state index >= 15 is 0 Å². The molecule has 5 heteroatoms. The average molecular weight is 987 g/mol. The first-order valence-corrected chi connectivity index (χ1v) is 27.8. The summed E-state index contributed by atoms with van der Waals surface area (Å²) in [5.74, 6) is 0. The molecule has 0 aliphatic heterocycles. The van der Waals surface area contributed by atoms with Crippen molar-refractivity contribution in [2.45, 2.75) is 137 Å². The summed E-state index contributed by atoms with van der Waals surface area (Å²) in [6.07, 6.45) is 1.03. The van der Waals surface area contributed by atoms with Crippen LogP contribution in [-0.2, 0) is 41.1 Å². The fourth-order valence-electron chi connectivity index (χ4n) is 8.45. The zero-order chi connectivity index (χ0) is 39.7. The van der Waals surface area contributed by atoms with E-state index in [1.807, 2.05) is 30.3 Å². The van der Waals surface area contributed by atoms with E-state index < -0.39 is 16.1 Å². The number of fused-ring (bicyclic) bond motifs is 3. The van der Waals surface area contributed by atoms with Gasteiger partial charge in [0.15, 0.2) is 0 Å². The molecule has 0 saturated carbocycles. The normalized spacial score (nSPS) is 12.1. The second-order valence-corrected chi connectivity index (χ2v) is 29.8. The predicted octanol–water partition coefficient (Wildman–Crippen LogP) is 7.30. The van der Waals surface area contributed by atoms with Crippen molar-refractivity contribution in [2.24, 2.45) is 0 Å². The first kappa shape index (κ1) is 50.1. The van der Waals surface area contributed by atoms with Gasteiger partial charge in [0, 0.05) is 0 Å². The molecule has 1 aliphatic rings. The van der Waals surface area contributed by atoms with Gasteiger partial charge in [0.05, 0.1) is 0 Å². The topological polar surface area (TPSA) is 0 Å². The molecule has 6 rings (SSSR count). The van der Waals surface area contributed by atoms with Crippen molar-refractivity contribution in [3.05, 3.63) is 149 Å². The Hall–Kier alpha value is -2.02. The van der Waals surface area contributed by atoms with Crippen LogP contribution in [0.5, 0.6) is 0 Å². The molecule has 0 heterocycles. The minimum absolute atomic E-state index is 0. The summed E-state index contributed by atoms with van der Waals surface area (Å²) in [6, 6.07) is 52.4. The van der Waals surface area contributed by atoms with Gasteiger partial charge in [-0.05, 0) is 23.0 Å². The number of hydrogen-bond acceptors (Lipinski definition) is 0. The molecule has 1 aliphatic carbocycles. The maximum absolute atomic E-state index is 3.55. The minimum Gasteiger partial charge on any atom is -1.00 e. The molecule has 0 fully saturated rings. The fraction of sp³-hybridized carbons (Fsp3) is 0.412. The third-order valence-electron chi connectivity index (χ3n) is 12.7. The van der Waals surface area contributed by atoms with Crippen LogP contribution in [-0.4, -0.2) is 19.4 Å². The Morgan fingerprint density at radius 2 is 1.05 bits per heavy atom. The molecule has 0 N–H and O–H groups in total. The van der Waals surface area contributed by atoms with Gasteiger partial charge in [0.1, 0.15) is 0 Å². The van der Waals surface area contributed by atoms with Crippen molar-refractivity contribution in [2.75, 3.05) is 0 Å². The third kappa shape index (κ3) is 11.6. The molecule has 0 saturated heterocycles. The van der Waals surface area contributed by atoms with Gasteiger partial charge in [-0.15, -0.1) is 5.56 Å². The van der Waals surface area contributed by atoms with E-state index in [1.54, 1.807) is 10.4 Å². The molecule has 0 bridgehead atoms. The molecule has 0 unspecified atom stereocenters. The van der Waals surface area contributed by atoms with Gasteiger partial charge in [-0.2, -0.15) is 47.5 Å². The smallest absolute Gasteiger partial charge is 0.172 e. The van der Waals surface area contributed by atoms with Crippen LogP contribution in [0.15, 0.2) is 109 Å². The monoisotopic (exact) mass is 986 g/mol. The Bertz CT molecular complexity index is 1820. The van der Waals surface area contributed by atoms with Crippen LogP contribution in [0.3, 0.4) is 0 Å². The Balaban J connectivity index is 0.000000340. The summed E-state index contributed by atoms with van der Waals surface area (Å²) in [5.41, 5.74) is 11.7. The van der Waals surface area contributed by atoms with Crippen LogP contribution in [0.4, 0.5) is 0 Å². The molecular formula is C51H68Cl2HfSi2-2. The Morgan fingerprint density at radius 3 is 1.41 bits per heavy atom. The van der Waals surface area contributed by atoms with Gasteiger partial charge in [-0.3, -0.25) is 0 Å². The van der Waals surface area contributed by atoms with Crippen LogP contribution >= 0.6 is 0 Å². The van der Waals surface area contributed by atoms with Gasteiger partial charge in [0.2, 0.25) is 0 Å². The van der Waals surface area contributed by atoms with Crippen LogP contribution in [0.2, 0.25) is 36.3 Å². The van der Waals surface area contributed by atoms with E-state index in [0.717, 1.165) is 30.3 Å². The minimum atomic E-state index is -1.27. The molecule has 5 aromatic rings. The van der Waals surface area contributed by atoms with Crippen molar-refractivity contribution < 1.29 is 48.7 Å². The molecule has 0 atom stereocenters. The number of hydrogen-bond donors (Lipinski definition) is 0. The molecule has 0 aromatic heterocycles. The van der Waals surface area contributed by atoms with Gasteiger partial charge >= 0.3 is 191 Å². The molecule has 5 aromatic carbocycles. The predicted molar refractivity (Wildman–Crippen MR) is 243 cm³/mol. The van der Waals surface area contributed by atoms with Gasteiger partial charge in [-0.25, -0.2) is 12.1 Å². The maximum Gasteiger partial charge on any atom is -0.172 e. The molecule has 300 valence electrons. The van der Waals surface area contributed by atoms with E-state index in [2.05, 4.69) is 168 Å². The van der Waals surface area contributed by atoms with Crippen LogP contribution < -0.4 is 35.2 Å². The Kier molecular flexibility index (Phi) is 19.5. The molecule has 0 spiro atoms. The first-order chi connectivity index (χ1) is 25.6. The fourth-order valence-corrected chi connectivity index (χ4v) is 16.8. The first-order valence-electron chi connectivity index (χ1n) is 20.8. The summed E-state index contributed by atoms with van der Waals surface area (Å²) >= 11 is 1.08. The zero-order valence-electron chi connectivity index (χ0n) is 36.6. The number of benzene rings is 4. The molecule has 0 nitrogen and oxygen atoms in total. The third-order valence-corrected chi connectivity index (χ3v) is 26.0. The zero-order valence-corrected chi connectivity index (χ0v) is 43.7. The van der Waals surface area contributed by atoms with Gasteiger partial charge in [-0.1, -0.05) is 70.7 Å². The quantitative estimate of drug-likeness (QED) is 0.100. The van der Waals surface area contributed by atoms with Crippen molar-refractivity contribution >= 4 is 29.8 Å². The molecular weight excluding hydrogens is 918 g/mol. The van der Waals surface area contributed by atoms with Gasteiger partial charge < -0.3 is 24.8 Å². The summed E-state index contributed by atoms with van der Waals surface area (Å²) in [5, 5.41) is 3.30. The van der Waals surface area contributed by atoms with E-state index in [-0.39, 0.29) is 35.6 Å². The van der Waals surface area contributed by atoms with Crippen molar-refractivity contribution in [3.63, 3.8) is 0 Å². The number of rotatable bonds is 10. The average Bonchev–Trinajstić information content (AvgIpc) is 3.89. The van der Waals surface area contributed by atoms with Crippen LogP contribution in [0, 0.1) is 6.07 Å². The second-order valence-electron chi connectivity index (χ2n) is 17.5. The molecule has 0 amide bonds. The molecule has 0 radical (unpaired) electrons. The van der Waals surface area contributed by atoms with Crippen molar-refractivity contribution in [1.82, 2.24) is 0 Å². The van der Waals surface area contributed by atoms with E-state index in [4.69, 9.17) is 0 Å².